The number of benzene rings is 1. The predicted molar refractivity (Wildman–Crippen MR) is 75.9 cm³/mol. The van der Waals surface area contributed by atoms with Crippen molar-refractivity contribution in [3.63, 3.8) is 0 Å². The zero-order valence-corrected chi connectivity index (χ0v) is 11.6. The van der Waals surface area contributed by atoms with E-state index < -0.39 is 0 Å². The fourth-order valence-electron chi connectivity index (χ4n) is 3.06. The smallest absolute Gasteiger partial charge is 0.123 e. The van der Waals surface area contributed by atoms with Crippen molar-refractivity contribution in [2.24, 2.45) is 5.92 Å². The van der Waals surface area contributed by atoms with Crippen molar-refractivity contribution in [2.75, 3.05) is 7.11 Å². The molecule has 1 saturated carbocycles. The summed E-state index contributed by atoms with van der Waals surface area (Å²) in [5.74, 6) is 1.85. The molecule has 0 aromatic heterocycles. The van der Waals surface area contributed by atoms with Gasteiger partial charge in [0.05, 0.1) is 7.11 Å². The highest BCUT2D eigenvalue weighted by Gasteiger charge is 2.23. The molecule has 1 aromatic rings. The Hall–Kier alpha value is -1.02. The summed E-state index contributed by atoms with van der Waals surface area (Å²) in [6.45, 7) is 3.24. The second-order valence-corrected chi connectivity index (χ2v) is 5.25. The van der Waals surface area contributed by atoms with Crippen molar-refractivity contribution in [1.82, 2.24) is 5.32 Å². The highest BCUT2D eigenvalue weighted by Crippen LogP contribution is 2.27. The lowest BCUT2D eigenvalue weighted by molar-refractivity contribution is 0.253. The molecule has 2 rings (SSSR count). The molecule has 1 fully saturated rings. The first-order valence-corrected chi connectivity index (χ1v) is 7.20. The quantitative estimate of drug-likeness (QED) is 0.855. The molecule has 0 heterocycles. The van der Waals surface area contributed by atoms with E-state index in [2.05, 4.69) is 24.4 Å². The van der Waals surface area contributed by atoms with Crippen LogP contribution >= 0.6 is 0 Å². The summed E-state index contributed by atoms with van der Waals surface area (Å²) < 4.78 is 5.40. The fraction of sp³-hybridized carbons (Fsp3) is 0.625. The maximum Gasteiger partial charge on any atom is 0.123 e. The van der Waals surface area contributed by atoms with Crippen LogP contribution in [0.4, 0.5) is 0 Å². The number of nitrogens with one attached hydrogen (secondary N) is 1. The van der Waals surface area contributed by atoms with Crippen LogP contribution in [0.5, 0.6) is 5.75 Å². The third kappa shape index (κ3) is 3.26. The summed E-state index contributed by atoms with van der Waals surface area (Å²) >= 11 is 0. The van der Waals surface area contributed by atoms with Crippen LogP contribution in [0.3, 0.4) is 0 Å². The van der Waals surface area contributed by atoms with Gasteiger partial charge in [-0.15, -0.1) is 0 Å². The highest BCUT2D eigenvalue weighted by atomic mass is 16.5. The Bertz CT molecular complexity index is 364. The summed E-state index contributed by atoms with van der Waals surface area (Å²) in [5.41, 5.74) is 1.26. The van der Waals surface area contributed by atoms with Gasteiger partial charge in [0.15, 0.2) is 0 Å². The number of hydrogen-bond donors (Lipinski definition) is 1. The van der Waals surface area contributed by atoms with Crippen molar-refractivity contribution < 1.29 is 4.74 Å². The van der Waals surface area contributed by atoms with Crippen molar-refractivity contribution in [2.45, 2.75) is 51.6 Å². The van der Waals surface area contributed by atoms with E-state index in [9.17, 15) is 0 Å². The molecule has 0 aliphatic heterocycles. The Morgan fingerprint density at radius 2 is 2.00 bits per heavy atom. The molecule has 0 radical (unpaired) electrons. The normalized spacial score (nSPS) is 23.9. The average molecular weight is 247 g/mol. The molecule has 2 nitrogen and oxygen atoms in total. The van der Waals surface area contributed by atoms with Gasteiger partial charge in [-0.25, -0.2) is 0 Å². The van der Waals surface area contributed by atoms with Crippen molar-refractivity contribution in [3.8, 4) is 5.75 Å². The van der Waals surface area contributed by atoms with Gasteiger partial charge < -0.3 is 10.1 Å². The molecule has 1 aromatic carbocycles. The number of rotatable bonds is 5. The number of methoxy groups -OCH3 is 1. The molecule has 1 aliphatic carbocycles. The lowest BCUT2D eigenvalue weighted by atomic mass is 9.83. The van der Waals surface area contributed by atoms with Gasteiger partial charge in [-0.3, -0.25) is 0 Å². The van der Waals surface area contributed by atoms with E-state index in [4.69, 9.17) is 4.74 Å². The Balaban J connectivity index is 1.93. The molecule has 1 aliphatic rings. The first kappa shape index (κ1) is 13.4. The highest BCUT2D eigenvalue weighted by molar-refractivity contribution is 5.33. The molecule has 1 N–H and O–H groups in total. The number of ether oxygens (including phenoxy) is 1. The molecule has 0 saturated heterocycles. The minimum atomic E-state index is 0.689. The maximum atomic E-state index is 5.40. The van der Waals surface area contributed by atoms with Crippen LogP contribution < -0.4 is 10.1 Å². The van der Waals surface area contributed by atoms with Gasteiger partial charge in [0.1, 0.15) is 5.75 Å². The van der Waals surface area contributed by atoms with Gasteiger partial charge >= 0.3 is 0 Å². The zero-order chi connectivity index (χ0) is 12.8. The Labute approximate surface area is 111 Å². The van der Waals surface area contributed by atoms with Crippen molar-refractivity contribution >= 4 is 0 Å². The van der Waals surface area contributed by atoms with Gasteiger partial charge in [0.2, 0.25) is 0 Å². The lowest BCUT2D eigenvalue weighted by Crippen LogP contribution is -2.37. The van der Waals surface area contributed by atoms with Crippen LogP contribution in [0, 0.1) is 5.92 Å². The van der Waals surface area contributed by atoms with E-state index in [1.54, 1.807) is 7.11 Å². The maximum absolute atomic E-state index is 5.40. The first-order valence-electron chi connectivity index (χ1n) is 7.20. The summed E-state index contributed by atoms with van der Waals surface area (Å²) in [6.07, 6.45) is 6.79. The molecular formula is C16H25NO. The van der Waals surface area contributed by atoms with Gasteiger partial charge in [-0.05, 0) is 24.8 Å². The molecular weight excluding hydrogens is 222 g/mol. The van der Waals surface area contributed by atoms with Gasteiger partial charge in [-0.1, -0.05) is 44.4 Å². The zero-order valence-electron chi connectivity index (χ0n) is 11.6. The summed E-state index contributed by atoms with van der Waals surface area (Å²) in [4.78, 5) is 0. The second kappa shape index (κ2) is 6.79. The van der Waals surface area contributed by atoms with Crippen LogP contribution in [0.1, 0.15) is 44.6 Å². The van der Waals surface area contributed by atoms with E-state index in [-0.39, 0.29) is 0 Å². The van der Waals surface area contributed by atoms with Gasteiger partial charge in [0.25, 0.3) is 0 Å². The van der Waals surface area contributed by atoms with E-state index in [1.807, 2.05) is 12.1 Å². The Morgan fingerprint density at radius 1 is 1.22 bits per heavy atom. The predicted octanol–water partition coefficient (Wildman–Crippen LogP) is 3.75. The third-order valence-corrected chi connectivity index (χ3v) is 4.18. The largest absolute Gasteiger partial charge is 0.496 e. The average Bonchev–Trinajstić information content (AvgIpc) is 2.45. The minimum absolute atomic E-state index is 0.689. The minimum Gasteiger partial charge on any atom is -0.496 e. The van der Waals surface area contributed by atoms with Crippen LogP contribution in [-0.4, -0.2) is 13.2 Å². The molecule has 2 heteroatoms. The van der Waals surface area contributed by atoms with E-state index in [0.29, 0.717) is 6.04 Å². The molecule has 0 spiro atoms. The van der Waals surface area contributed by atoms with Crippen LogP contribution in [0.25, 0.3) is 0 Å². The summed E-state index contributed by atoms with van der Waals surface area (Å²) in [6, 6.07) is 8.98. The van der Waals surface area contributed by atoms with E-state index in [1.165, 1.54) is 37.7 Å². The SMILES string of the molecule is CC[C@H]1CCCC[C@H]1NCc1ccccc1OC. The Morgan fingerprint density at radius 3 is 2.78 bits per heavy atom. The standard InChI is InChI=1S/C16H25NO/c1-3-13-8-4-6-10-15(13)17-12-14-9-5-7-11-16(14)18-2/h5,7,9,11,13,15,17H,3-4,6,8,10,12H2,1-2H3/t13-,15+/m0/s1. The third-order valence-electron chi connectivity index (χ3n) is 4.18. The molecule has 0 unspecified atom stereocenters. The lowest BCUT2D eigenvalue weighted by Gasteiger charge is -2.31. The van der Waals surface area contributed by atoms with Gasteiger partial charge in [-0.2, -0.15) is 0 Å². The molecule has 100 valence electrons. The van der Waals surface area contributed by atoms with Crippen LogP contribution in [0.15, 0.2) is 24.3 Å². The molecule has 0 amide bonds. The number of para-hydroxylation sites is 1. The second-order valence-electron chi connectivity index (χ2n) is 5.25. The molecule has 2 atom stereocenters. The van der Waals surface area contributed by atoms with Crippen LogP contribution in [0.2, 0.25) is 0 Å². The Kier molecular flexibility index (Phi) is 5.06. The van der Waals surface area contributed by atoms with Crippen LogP contribution in [-0.2, 0) is 6.54 Å². The summed E-state index contributed by atoms with van der Waals surface area (Å²) in [7, 11) is 1.74. The molecule has 0 bridgehead atoms. The summed E-state index contributed by atoms with van der Waals surface area (Å²) in [5, 5.41) is 3.73. The van der Waals surface area contributed by atoms with Gasteiger partial charge in [0, 0.05) is 18.2 Å². The topological polar surface area (TPSA) is 21.3 Å². The fourth-order valence-corrected chi connectivity index (χ4v) is 3.06. The van der Waals surface area contributed by atoms with E-state index >= 15 is 0 Å². The number of hydrogen-bond acceptors (Lipinski definition) is 2. The first-order chi connectivity index (χ1) is 8.85. The monoisotopic (exact) mass is 247 g/mol. The van der Waals surface area contributed by atoms with Crippen molar-refractivity contribution in [3.05, 3.63) is 29.8 Å². The van der Waals surface area contributed by atoms with Crippen molar-refractivity contribution in [1.29, 1.82) is 0 Å². The molecule has 18 heavy (non-hydrogen) atoms. The van der Waals surface area contributed by atoms with E-state index in [0.717, 1.165) is 18.2 Å².